The summed E-state index contributed by atoms with van der Waals surface area (Å²) < 4.78 is 0. The number of allylic oxidation sites excluding steroid dienone is 5. The smallest absolute Gasteiger partial charge is 0.160 e. The third-order valence-electron chi connectivity index (χ3n) is 10.8. The zero-order chi connectivity index (χ0) is 35.8. The van der Waals surface area contributed by atoms with Crippen LogP contribution < -0.4 is 0 Å². The first kappa shape index (κ1) is 31.9. The molecule has 4 heteroatoms. The minimum atomic E-state index is 0.0386. The normalized spacial score (nSPS) is 18.3. The third kappa shape index (κ3) is 5.92. The molecule has 0 bridgehead atoms. The third-order valence-corrected chi connectivity index (χ3v) is 10.8. The number of hydrogen-bond donors (Lipinski definition) is 0. The monoisotopic (exact) mass is 692 g/mol. The van der Waals surface area contributed by atoms with Crippen molar-refractivity contribution in [3.63, 3.8) is 0 Å². The predicted octanol–water partition coefficient (Wildman–Crippen LogP) is 12.1. The molecule has 3 atom stereocenters. The lowest BCUT2D eigenvalue weighted by molar-refractivity contribution is 0.594. The van der Waals surface area contributed by atoms with E-state index in [4.69, 9.17) is 19.9 Å². The fraction of sp³-hybridized carbons (Fsp3) is 0.0800. The molecule has 0 N–H and O–H groups in total. The van der Waals surface area contributed by atoms with E-state index >= 15 is 0 Å². The van der Waals surface area contributed by atoms with E-state index in [9.17, 15) is 0 Å². The Morgan fingerprint density at radius 1 is 0.519 bits per heavy atom. The van der Waals surface area contributed by atoms with Crippen LogP contribution in [0.25, 0.3) is 67.5 Å². The zero-order valence-corrected chi connectivity index (χ0v) is 29.6. The first-order valence-corrected chi connectivity index (χ1v) is 18.7. The summed E-state index contributed by atoms with van der Waals surface area (Å²) >= 11 is 0. The van der Waals surface area contributed by atoms with Gasteiger partial charge >= 0.3 is 0 Å². The van der Waals surface area contributed by atoms with Gasteiger partial charge in [0.15, 0.2) is 5.82 Å². The molecule has 0 spiro atoms. The van der Waals surface area contributed by atoms with Crippen molar-refractivity contribution in [2.45, 2.75) is 18.4 Å². The van der Waals surface area contributed by atoms with Crippen LogP contribution in [0.1, 0.15) is 40.9 Å². The highest BCUT2D eigenvalue weighted by Gasteiger charge is 2.27. The molecule has 2 aromatic heterocycles. The molecule has 10 rings (SSSR count). The van der Waals surface area contributed by atoms with Crippen LogP contribution in [0, 0.1) is 5.92 Å². The fourth-order valence-corrected chi connectivity index (χ4v) is 7.99. The number of pyridine rings is 1. The van der Waals surface area contributed by atoms with E-state index in [1.165, 1.54) is 16.5 Å². The second-order valence-electron chi connectivity index (χ2n) is 14.1. The first-order valence-electron chi connectivity index (χ1n) is 18.7. The van der Waals surface area contributed by atoms with Crippen molar-refractivity contribution in [1.29, 1.82) is 0 Å². The van der Waals surface area contributed by atoms with E-state index in [0.717, 1.165) is 73.8 Å². The van der Waals surface area contributed by atoms with E-state index in [0.29, 0.717) is 5.92 Å². The maximum atomic E-state index is 5.20. The predicted molar refractivity (Wildman–Crippen MR) is 223 cm³/mol. The van der Waals surface area contributed by atoms with Gasteiger partial charge in [-0.15, -0.1) is 0 Å². The van der Waals surface area contributed by atoms with E-state index in [-0.39, 0.29) is 12.0 Å². The summed E-state index contributed by atoms with van der Waals surface area (Å²) in [5.41, 5.74) is 12.9. The highest BCUT2D eigenvalue weighted by molar-refractivity contribution is 6.05. The quantitative estimate of drug-likeness (QED) is 0.174. The van der Waals surface area contributed by atoms with E-state index in [1.807, 2.05) is 30.5 Å². The van der Waals surface area contributed by atoms with Gasteiger partial charge in [0.05, 0.1) is 22.8 Å². The number of aromatic nitrogens is 3. The Morgan fingerprint density at radius 2 is 1.24 bits per heavy atom. The molecule has 0 saturated carbocycles. The van der Waals surface area contributed by atoms with Crippen LogP contribution in [0.15, 0.2) is 181 Å². The molecule has 0 saturated heterocycles. The Labute approximate surface area is 315 Å². The molecule has 3 heterocycles. The number of hydrogen-bond acceptors (Lipinski definition) is 4. The molecule has 4 nitrogen and oxygen atoms in total. The standard InChI is InChI=1S/C50H36N4/c1-3-10-33(11-4-1)34-17-21-37(22-18-34)46-32-47(54-50(53-46)40-12-5-2-6-13-40)44-29-28-41(42-15-7-8-16-43(42)44)35-19-23-36(24-20-35)45-30-27-39-26-25-38-14-9-31-51-48(38)49(39)52-45/h1-17,19-32,34,38,48H,18H2. The molecule has 7 aromatic rings. The number of aliphatic imine (C=N–C) groups is 1. The van der Waals surface area contributed by atoms with Crippen molar-refractivity contribution in [2.24, 2.45) is 10.9 Å². The number of nitrogens with zero attached hydrogens (tertiary/aromatic N) is 4. The van der Waals surface area contributed by atoms with Crippen LogP contribution in [-0.4, -0.2) is 21.2 Å². The molecule has 1 aliphatic heterocycles. The van der Waals surface area contributed by atoms with E-state index in [2.05, 4.69) is 158 Å². The van der Waals surface area contributed by atoms with Gasteiger partial charge < -0.3 is 0 Å². The van der Waals surface area contributed by atoms with Gasteiger partial charge in [-0.2, -0.15) is 0 Å². The Morgan fingerprint density at radius 3 is 2.04 bits per heavy atom. The minimum absolute atomic E-state index is 0.0386. The SMILES string of the molecule is C1=CC2C=Cc3ccc(-c4ccc(-c5ccc(-c6cc(C7=CCC(c8ccccc8)C=C7)nc(-c7ccccc7)n6)c6ccccc56)cc4)nc3C2N=C1. The lowest BCUT2D eigenvalue weighted by Gasteiger charge is -2.25. The summed E-state index contributed by atoms with van der Waals surface area (Å²) in [4.78, 5) is 20.2. The molecule has 0 amide bonds. The maximum Gasteiger partial charge on any atom is 0.160 e. The molecule has 3 aliphatic rings. The summed E-state index contributed by atoms with van der Waals surface area (Å²) in [6.45, 7) is 0. The van der Waals surface area contributed by atoms with E-state index < -0.39 is 0 Å². The van der Waals surface area contributed by atoms with Crippen molar-refractivity contribution in [1.82, 2.24) is 15.0 Å². The van der Waals surface area contributed by atoms with Crippen LogP contribution in [0.2, 0.25) is 0 Å². The topological polar surface area (TPSA) is 51.0 Å². The lowest BCUT2D eigenvalue weighted by atomic mass is 9.87. The zero-order valence-electron chi connectivity index (χ0n) is 29.6. The number of benzene rings is 5. The Bertz CT molecular complexity index is 2680. The van der Waals surface area contributed by atoms with Gasteiger partial charge in [0, 0.05) is 34.7 Å². The highest BCUT2D eigenvalue weighted by Crippen LogP contribution is 2.40. The van der Waals surface area contributed by atoms with Crippen LogP contribution in [0.5, 0.6) is 0 Å². The second-order valence-corrected chi connectivity index (χ2v) is 14.1. The maximum absolute atomic E-state index is 5.20. The average molecular weight is 693 g/mol. The van der Waals surface area contributed by atoms with Gasteiger partial charge in [-0.3, -0.25) is 4.99 Å². The Kier molecular flexibility index (Phi) is 8.07. The summed E-state index contributed by atoms with van der Waals surface area (Å²) in [5.74, 6) is 1.34. The number of dihydropyridines is 1. The fourth-order valence-electron chi connectivity index (χ4n) is 7.99. The van der Waals surface area contributed by atoms with Crippen LogP contribution >= 0.6 is 0 Å². The van der Waals surface area contributed by atoms with Gasteiger partial charge in [-0.05, 0) is 63.2 Å². The summed E-state index contributed by atoms with van der Waals surface area (Å²) in [7, 11) is 0. The average Bonchev–Trinajstić information content (AvgIpc) is 3.26. The second kappa shape index (κ2) is 13.6. The first-order chi connectivity index (χ1) is 26.7. The van der Waals surface area contributed by atoms with Gasteiger partial charge in [-0.25, -0.2) is 15.0 Å². The van der Waals surface area contributed by atoms with E-state index in [1.54, 1.807) is 0 Å². The Hall–Kier alpha value is -6.78. The van der Waals surface area contributed by atoms with Crippen LogP contribution in [-0.2, 0) is 0 Å². The summed E-state index contributed by atoms with van der Waals surface area (Å²) in [6.07, 6.45) is 18.3. The van der Waals surface area contributed by atoms with Gasteiger partial charge in [0.25, 0.3) is 0 Å². The lowest BCUT2D eigenvalue weighted by Crippen LogP contribution is -2.16. The van der Waals surface area contributed by atoms with Gasteiger partial charge in [0.2, 0.25) is 0 Å². The van der Waals surface area contributed by atoms with Crippen molar-refractivity contribution in [2.75, 3.05) is 0 Å². The number of rotatable bonds is 6. The molecule has 0 fully saturated rings. The molecule has 2 aliphatic carbocycles. The van der Waals surface area contributed by atoms with Crippen molar-refractivity contribution >= 4 is 28.6 Å². The summed E-state index contributed by atoms with van der Waals surface area (Å²) in [6, 6.07) is 49.4. The van der Waals surface area contributed by atoms with Crippen molar-refractivity contribution < 1.29 is 0 Å². The van der Waals surface area contributed by atoms with Gasteiger partial charge in [0.1, 0.15) is 6.04 Å². The molecular formula is C50H36N4. The highest BCUT2D eigenvalue weighted by atomic mass is 14.9. The molecule has 0 radical (unpaired) electrons. The molecule has 3 unspecified atom stereocenters. The Balaban J connectivity index is 1.01. The minimum Gasteiger partial charge on any atom is -0.282 e. The van der Waals surface area contributed by atoms with Crippen LogP contribution in [0.4, 0.5) is 0 Å². The summed E-state index contributed by atoms with van der Waals surface area (Å²) in [5, 5.41) is 2.33. The number of fused-ring (bicyclic) bond motifs is 4. The molecular weight excluding hydrogens is 657 g/mol. The largest absolute Gasteiger partial charge is 0.282 e. The van der Waals surface area contributed by atoms with Crippen LogP contribution in [0.3, 0.4) is 0 Å². The van der Waals surface area contributed by atoms with Gasteiger partial charge in [-0.1, -0.05) is 164 Å². The van der Waals surface area contributed by atoms with Crippen molar-refractivity contribution in [3.05, 3.63) is 198 Å². The molecule has 54 heavy (non-hydrogen) atoms. The van der Waals surface area contributed by atoms with Crippen molar-refractivity contribution in [3.8, 4) is 45.0 Å². The molecule has 256 valence electrons. The molecule has 5 aromatic carbocycles.